The fourth-order valence-electron chi connectivity index (χ4n) is 4.09. The largest absolute Gasteiger partial charge is 0.349 e. The number of hydrogen-bond acceptors (Lipinski definition) is 5. The minimum Gasteiger partial charge on any atom is -0.349 e. The molecule has 3 aliphatic heterocycles. The molecule has 0 bridgehead atoms. The lowest BCUT2D eigenvalue weighted by Gasteiger charge is -2.20. The molecule has 0 spiro atoms. The van der Waals surface area contributed by atoms with E-state index in [4.69, 9.17) is 17.0 Å². The SMILES string of the molecule is Cc1cc(/C=C2\C(=N)N3N=C(N4CCCC4)SC3=NC2=O)c(C)n1-c1ccc(Cl)cc1. The number of amides is 1. The Balaban J connectivity index is 1.49. The molecule has 4 heterocycles. The van der Waals surface area contributed by atoms with E-state index in [0.717, 1.165) is 53.7 Å². The maximum absolute atomic E-state index is 12.8. The van der Waals surface area contributed by atoms with E-state index in [1.807, 2.05) is 44.2 Å². The number of halogens is 1. The van der Waals surface area contributed by atoms with Crippen LogP contribution in [0.3, 0.4) is 0 Å². The van der Waals surface area contributed by atoms with Gasteiger partial charge in [0.25, 0.3) is 5.91 Å². The Labute approximate surface area is 189 Å². The quantitative estimate of drug-likeness (QED) is 0.684. The summed E-state index contributed by atoms with van der Waals surface area (Å²) in [5.74, 6) is -0.342. The monoisotopic (exact) mass is 452 g/mol. The summed E-state index contributed by atoms with van der Waals surface area (Å²) in [6.07, 6.45) is 4.02. The molecule has 0 saturated carbocycles. The number of amidine groups is 3. The zero-order valence-electron chi connectivity index (χ0n) is 17.2. The highest BCUT2D eigenvalue weighted by Gasteiger charge is 2.37. The number of hydrogen-bond donors (Lipinski definition) is 1. The van der Waals surface area contributed by atoms with Crippen molar-refractivity contribution in [3.05, 3.63) is 57.9 Å². The van der Waals surface area contributed by atoms with Crippen molar-refractivity contribution in [3.63, 3.8) is 0 Å². The molecule has 5 rings (SSSR count). The van der Waals surface area contributed by atoms with Crippen LogP contribution in [-0.4, -0.2) is 49.6 Å². The number of hydrazone groups is 1. The van der Waals surface area contributed by atoms with Gasteiger partial charge in [0, 0.05) is 35.2 Å². The highest BCUT2D eigenvalue weighted by Crippen LogP contribution is 2.32. The first-order valence-electron chi connectivity index (χ1n) is 10.1. The van der Waals surface area contributed by atoms with Crippen molar-refractivity contribution < 1.29 is 4.79 Å². The fourth-order valence-corrected chi connectivity index (χ4v) is 5.17. The maximum atomic E-state index is 12.8. The molecule has 0 unspecified atom stereocenters. The maximum Gasteiger partial charge on any atom is 0.283 e. The molecule has 1 aromatic carbocycles. The highest BCUT2D eigenvalue weighted by molar-refractivity contribution is 8.26. The van der Waals surface area contributed by atoms with E-state index >= 15 is 0 Å². The predicted molar refractivity (Wildman–Crippen MR) is 126 cm³/mol. The number of thioether (sulfide) groups is 1. The van der Waals surface area contributed by atoms with Crippen LogP contribution in [0.1, 0.15) is 29.8 Å². The molecule has 1 aromatic heterocycles. The van der Waals surface area contributed by atoms with Gasteiger partial charge in [0.2, 0.25) is 5.17 Å². The Hall–Kier alpha value is -2.84. The normalized spacial score (nSPS) is 19.9. The summed E-state index contributed by atoms with van der Waals surface area (Å²) in [7, 11) is 0. The minimum atomic E-state index is -0.405. The Bertz CT molecular complexity index is 1190. The van der Waals surface area contributed by atoms with Gasteiger partial charge in [-0.1, -0.05) is 11.6 Å². The van der Waals surface area contributed by atoms with E-state index in [9.17, 15) is 4.79 Å². The number of carbonyl (C=O) groups is 1. The third kappa shape index (κ3) is 3.49. The second kappa shape index (κ2) is 7.69. The molecule has 0 aliphatic carbocycles. The summed E-state index contributed by atoms with van der Waals surface area (Å²) >= 11 is 7.39. The average molecular weight is 453 g/mol. The lowest BCUT2D eigenvalue weighted by Crippen LogP contribution is -2.35. The molecule has 7 nitrogen and oxygen atoms in total. The first-order valence-corrected chi connectivity index (χ1v) is 11.3. The van der Waals surface area contributed by atoms with E-state index in [2.05, 4.69) is 19.6 Å². The molecule has 0 radical (unpaired) electrons. The smallest absolute Gasteiger partial charge is 0.283 e. The number of aliphatic imine (C=N–C) groups is 1. The molecule has 0 atom stereocenters. The lowest BCUT2D eigenvalue weighted by molar-refractivity contribution is -0.114. The standard InChI is InChI=1S/C22H21ClN6OS/c1-13-11-15(14(2)28(13)17-7-5-16(23)6-8-17)12-18-19(24)29-21(25-20(18)30)31-22(26-29)27-9-3-4-10-27/h5-8,11-12,24H,3-4,9-10H2,1-2H3/b18-12+,24-19?. The first-order chi connectivity index (χ1) is 14.9. The molecule has 1 saturated heterocycles. The summed E-state index contributed by atoms with van der Waals surface area (Å²) < 4.78 is 2.10. The van der Waals surface area contributed by atoms with Gasteiger partial charge in [0.05, 0.1) is 5.57 Å². The highest BCUT2D eigenvalue weighted by atomic mass is 35.5. The number of likely N-dealkylation sites (tertiary alicyclic amines) is 1. The minimum absolute atomic E-state index is 0.0630. The van der Waals surface area contributed by atoms with Crippen molar-refractivity contribution in [1.29, 1.82) is 5.41 Å². The second-order valence-corrected chi connectivity index (χ2v) is 9.11. The molecule has 158 valence electrons. The second-order valence-electron chi connectivity index (χ2n) is 7.74. The number of aryl methyl sites for hydroxylation is 1. The van der Waals surface area contributed by atoms with Crippen LogP contribution in [0.2, 0.25) is 5.02 Å². The lowest BCUT2D eigenvalue weighted by atomic mass is 10.1. The van der Waals surface area contributed by atoms with Crippen LogP contribution in [0.5, 0.6) is 0 Å². The van der Waals surface area contributed by atoms with Gasteiger partial charge in [0.1, 0.15) is 0 Å². The van der Waals surface area contributed by atoms with Gasteiger partial charge in [0.15, 0.2) is 11.0 Å². The van der Waals surface area contributed by atoms with Gasteiger partial charge in [-0.05, 0) is 80.4 Å². The van der Waals surface area contributed by atoms with Gasteiger partial charge < -0.3 is 9.47 Å². The molecule has 3 aliphatic rings. The van der Waals surface area contributed by atoms with E-state index < -0.39 is 5.91 Å². The zero-order chi connectivity index (χ0) is 21.7. The van der Waals surface area contributed by atoms with Crippen LogP contribution in [0.15, 0.2) is 46.0 Å². The number of rotatable bonds is 2. The van der Waals surface area contributed by atoms with Crippen LogP contribution in [0.4, 0.5) is 0 Å². The van der Waals surface area contributed by atoms with Crippen LogP contribution in [0, 0.1) is 19.3 Å². The third-order valence-corrected chi connectivity index (χ3v) is 6.90. The van der Waals surface area contributed by atoms with E-state index in [1.165, 1.54) is 16.8 Å². The molecule has 9 heteroatoms. The van der Waals surface area contributed by atoms with Crippen LogP contribution in [-0.2, 0) is 4.79 Å². The van der Waals surface area contributed by atoms with Crippen molar-refractivity contribution in [1.82, 2.24) is 14.5 Å². The number of fused-ring (bicyclic) bond motifs is 1. The van der Waals surface area contributed by atoms with Crippen molar-refractivity contribution in [2.45, 2.75) is 26.7 Å². The van der Waals surface area contributed by atoms with Crippen molar-refractivity contribution >= 4 is 51.5 Å². The summed E-state index contributed by atoms with van der Waals surface area (Å²) in [5.41, 5.74) is 4.10. The Morgan fingerprint density at radius 3 is 2.55 bits per heavy atom. The number of benzene rings is 1. The van der Waals surface area contributed by atoms with Crippen LogP contribution >= 0.6 is 23.4 Å². The molecule has 31 heavy (non-hydrogen) atoms. The predicted octanol–water partition coefficient (Wildman–Crippen LogP) is 4.42. The van der Waals surface area contributed by atoms with Crippen molar-refractivity contribution in [3.8, 4) is 5.69 Å². The molecule has 1 fully saturated rings. The fraction of sp³-hybridized carbons (Fsp3) is 0.273. The zero-order valence-corrected chi connectivity index (χ0v) is 18.8. The van der Waals surface area contributed by atoms with E-state index in [-0.39, 0.29) is 11.4 Å². The Morgan fingerprint density at radius 2 is 1.84 bits per heavy atom. The van der Waals surface area contributed by atoms with Gasteiger partial charge in [-0.2, -0.15) is 10.0 Å². The first kappa shape index (κ1) is 20.1. The molecular formula is C22H21ClN6OS. The molecule has 1 amide bonds. The van der Waals surface area contributed by atoms with E-state index in [0.29, 0.717) is 10.2 Å². The topological polar surface area (TPSA) is 77.1 Å². The molecule has 1 N–H and O–H groups in total. The van der Waals surface area contributed by atoms with Gasteiger partial charge in [-0.3, -0.25) is 10.2 Å². The number of nitrogens with one attached hydrogen (secondary N) is 1. The number of aromatic nitrogens is 1. The number of carbonyl (C=O) groups excluding carboxylic acids is 1. The molecular weight excluding hydrogens is 432 g/mol. The van der Waals surface area contributed by atoms with Crippen molar-refractivity contribution in [2.75, 3.05) is 13.1 Å². The van der Waals surface area contributed by atoms with E-state index in [1.54, 1.807) is 6.08 Å². The van der Waals surface area contributed by atoms with Gasteiger partial charge >= 0.3 is 0 Å². The summed E-state index contributed by atoms with van der Waals surface area (Å²) in [5, 5.41) is 16.6. The summed E-state index contributed by atoms with van der Waals surface area (Å²) in [6, 6.07) is 9.63. The Kier molecular flexibility index (Phi) is 4.98. The van der Waals surface area contributed by atoms with Gasteiger partial charge in [-0.15, -0.1) is 5.10 Å². The average Bonchev–Trinajstić information content (AvgIpc) is 3.46. The molecule has 2 aromatic rings. The van der Waals surface area contributed by atoms with Crippen LogP contribution < -0.4 is 0 Å². The summed E-state index contributed by atoms with van der Waals surface area (Å²) in [4.78, 5) is 19.2. The van der Waals surface area contributed by atoms with Gasteiger partial charge in [-0.25, -0.2) is 0 Å². The van der Waals surface area contributed by atoms with Crippen molar-refractivity contribution in [2.24, 2.45) is 10.1 Å². The Morgan fingerprint density at radius 1 is 1.13 bits per heavy atom. The summed E-state index contributed by atoms with van der Waals surface area (Å²) in [6.45, 7) is 5.91. The third-order valence-electron chi connectivity index (χ3n) is 5.68. The number of nitrogens with zero attached hydrogens (tertiary/aromatic N) is 5. The van der Waals surface area contributed by atoms with Crippen LogP contribution in [0.25, 0.3) is 11.8 Å².